The van der Waals surface area contributed by atoms with Gasteiger partial charge in [-0.3, -0.25) is 0 Å². The van der Waals surface area contributed by atoms with Crippen molar-refractivity contribution < 1.29 is 13.6 Å². The number of methoxy groups -OCH3 is 2. The van der Waals surface area contributed by atoms with Crippen molar-refractivity contribution in [3.05, 3.63) is 0 Å². The molecular weight excluding hydrogens is 152 g/mol. The molecule has 0 radical (unpaired) electrons. The molecule has 0 unspecified atom stereocenters. The molecular formula is C4H14O3Si2. The average Bonchev–Trinajstić information content (AvgIpc) is 1.89. The molecule has 3 nitrogen and oxygen atoms in total. The van der Waals surface area contributed by atoms with E-state index in [0.29, 0.717) is 0 Å². The predicted molar refractivity (Wildman–Crippen MR) is 41.9 cm³/mol. The van der Waals surface area contributed by atoms with Crippen LogP contribution in [0.1, 0.15) is 0 Å². The van der Waals surface area contributed by atoms with Gasteiger partial charge in [0.05, 0.1) is 12.5 Å². The summed E-state index contributed by atoms with van der Waals surface area (Å²) in [5.41, 5.74) is 0. The molecule has 0 aliphatic carbocycles. The second-order valence-electron chi connectivity index (χ2n) is 1.60. The first-order valence-corrected chi connectivity index (χ1v) is 6.13. The second kappa shape index (κ2) is 8.31. The standard InChI is InChI=1S/C4H14O3Si2/c1-5-3-8-7-9-4-6-2/h3-4,8-9H2,1-2H3. The van der Waals surface area contributed by atoms with Crippen LogP contribution in [-0.2, 0) is 13.6 Å². The highest BCUT2D eigenvalue weighted by atomic mass is 28.3. The average molecular weight is 166 g/mol. The third kappa shape index (κ3) is 8.31. The summed E-state index contributed by atoms with van der Waals surface area (Å²) in [5, 5.41) is 0. The molecule has 0 bridgehead atoms. The first-order chi connectivity index (χ1) is 4.41. The maximum atomic E-state index is 5.34. The van der Waals surface area contributed by atoms with Gasteiger partial charge in [-0.05, 0) is 0 Å². The highest BCUT2D eigenvalue weighted by Crippen LogP contribution is 1.69. The van der Waals surface area contributed by atoms with Gasteiger partial charge in [0.15, 0.2) is 19.5 Å². The molecule has 0 saturated heterocycles. The third-order valence-electron chi connectivity index (χ3n) is 0.864. The number of hydrogen-bond donors (Lipinski definition) is 0. The van der Waals surface area contributed by atoms with Gasteiger partial charge in [0.25, 0.3) is 0 Å². The molecule has 0 amide bonds. The Hall–Kier alpha value is 0.314. The zero-order chi connectivity index (χ0) is 6.95. The van der Waals surface area contributed by atoms with Crippen molar-refractivity contribution in [2.24, 2.45) is 0 Å². The van der Waals surface area contributed by atoms with Crippen LogP contribution in [0.4, 0.5) is 0 Å². The third-order valence-corrected chi connectivity index (χ3v) is 4.32. The molecule has 0 aromatic rings. The van der Waals surface area contributed by atoms with Crippen molar-refractivity contribution in [3.63, 3.8) is 0 Å². The molecule has 0 aliphatic heterocycles. The Morgan fingerprint density at radius 2 is 1.44 bits per heavy atom. The highest BCUT2D eigenvalue weighted by molar-refractivity contribution is 6.42. The van der Waals surface area contributed by atoms with Crippen molar-refractivity contribution in [2.45, 2.75) is 0 Å². The minimum Gasteiger partial charge on any atom is -0.462 e. The topological polar surface area (TPSA) is 27.7 Å². The fourth-order valence-corrected chi connectivity index (χ4v) is 2.48. The van der Waals surface area contributed by atoms with Gasteiger partial charge in [-0.15, -0.1) is 0 Å². The summed E-state index contributed by atoms with van der Waals surface area (Å²) in [7, 11) is 2.71. The largest absolute Gasteiger partial charge is 0.462 e. The maximum Gasteiger partial charge on any atom is 0.172 e. The maximum absolute atomic E-state index is 5.34. The summed E-state index contributed by atoms with van der Waals surface area (Å²) in [6.45, 7) is 0. The van der Waals surface area contributed by atoms with Crippen molar-refractivity contribution >= 4 is 19.5 Å². The minimum atomic E-state index is -0.350. The van der Waals surface area contributed by atoms with Crippen LogP contribution < -0.4 is 0 Å². The lowest BCUT2D eigenvalue weighted by molar-refractivity contribution is 0.234. The Balaban J connectivity index is 2.60. The van der Waals surface area contributed by atoms with Crippen LogP contribution in [0.5, 0.6) is 0 Å². The molecule has 5 heteroatoms. The van der Waals surface area contributed by atoms with Gasteiger partial charge in [0.2, 0.25) is 0 Å². The van der Waals surface area contributed by atoms with E-state index in [9.17, 15) is 0 Å². The van der Waals surface area contributed by atoms with Crippen LogP contribution in [0, 0.1) is 0 Å². The molecule has 0 spiro atoms. The summed E-state index contributed by atoms with van der Waals surface area (Å²) in [4.78, 5) is 0. The second-order valence-corrected chi connectivity index (χ2v) is 4.86. The van der Waals surface area contributed by atoms with E-state index in [2.05, 4.69) is 0 Å². The van der Waals surface area contributed by atoms with Crippen LogP contribution in [0.25, 0.3) is 0 Å². The SMILES string of the molecule is COC[SiH2]O[SiH2]COC. The predicted octanol–water partition coefficient (Wildman–Crippen LogP) is -1.62. The van der Waals surface area contributed by atoms with E-state index in [-0.39, 0.29) is 19.5 Å². The van der Waals surface area contributed by atoms with E-state index in [4.69, 9.17) is 13.6 Å². The molecule has 0 rings (SSSR count). The van der Waals surface area contributed by atoms with Gasteiger partial charge in [-0.1, -0.05) is 0 Å². The van der Waals surface area contributed by atoms with Gasteiger partial charge in [-0.2, -0.15) is 0 Å². The molecule has 0 saturated carbocycles. The lowest BCUT2D eigenvalue weighted by Gasteiger charge is -1.99. The summed E-state index contributed by atoms with van der Waals surface area (Å²) in [6, 6.07) is 0. The van der Waals surface area contributed by atoms with Gasteiger partial charge >= 0.3 is 0 Å². The fourth-order valence-electron chi connectivity index (χ4n) is 0.387. The van der Waals surface area contributed by atoms with E-state index in [1.54, 1.807) is 14.2 Å². The Labute approximate surface area is 60.6 Å². The Bertz CT molecular complexity index is 47.1. The van der Waals surface area contributed by atoms with Crippen LogP contribution in [0.2, 0.25) is 0 Å². The van der Waals surface area contributed by atoms with Crippen molar-refractivity contribution in [1.29, 1.82) is 0 Å². The molecule has 0 heterocycles. The molecule has 0 fully saturated rings. The van der Waals surface area contributed by atoms with E-state index in [1.807, 2.05) is 0 Å². The molecule has 0 atom stereocenters. The quantitative estimate of drug-likeness (QED) is 0.351. The van der Waals surface area contributed by atoms with Gasteiger partial charge in [0, 0.05) is 14.2 Å². The summed E-state index contributed by atoms with van der Waals surface area (Å²) >= 11 is 0. The Morgan fingerprint density at radius 1 is 1.00 bits per heavy atom. The Morgan fingerprint density at radius 3 is 1.78 bits per heavy atom. The molecule has 56 valence electrons. The zero-order valence-corrected chi connectivity index (χ0v) is 8.88. The lowest BCUT2D eigenvalue weighted by Crippen LogP contribution is -2.13. The molecule has 0 aromatic carbocycles. The molecule has 0 N–H and O–H groups in total. The number of hydrogen-bond acceptors (Lipinski definition) is 3. The lowest BCUT2D eigenvalue weighted by atomic mass is 11.5. The smallest absolute Gasteiger partial charge is 0.172 e. The van der Waals surface area contributed by atoms with E-state index in [1.165, 1.54) is 0 Å². The number of rotatable bonds is 6. The first-order valence-electron chi connectivity index (χ1n) is 2.97. The van der Waals surface area contributed by atoms with Gasteiger partial charge in [0.1, 0.15) is 0 Å². The van der Waals surface area contributed by atoms with Gasteiger partial charge < -0.3 is 13.6 Å². The summed E-state index contributed by atoms with van der Waals surface area (Å²) in [6.07, 6.45) is 1.66. The van der Waals surface area contributed by atoms with Crippen LogP contribution in [0.15, 0.2) is 0 Å². The highest BCUT2D eigenvalue weighted by Gasteiger charge is 1.86. The number of ether oxygens (including phenoxy) is 2. The van der Waals surface area contributed by atoms with Crippen molar-refractivity contribution in [1.82, 2.24) is 0 Å². The van der Waals surface area contributed by atoms with Crippen LogP contribution in [0.3, 0.4) is 0 Å². The van der Waals surface area contributed by atoms with E-state index in [0.717, 1.165) is 12.5 Å². The first kappa shape index (κ1) is 9.31. The van der Waals surface area contributed by atoms with Crippen molar-refractivity contribution in [2.75, 3.05) is 26.7 Å². The molecule has 0 aliphatic rings. The monoisotopic (exact) mass is 166 g/mol. The van der Waals surface area contributed by atoms with Crippen LogP contribution in [-0.4, -0.2) is 46.2 Å². The molecule has 0 aromatic heterocycles. The minimum absolute atomic E-state index is 0.350. The normalized spacial score (nSPS) is 12.7. The van der Waals surface area contributed by atoms with E-state index >= 15 is 0 Å². The van der Waals surface area contributed by atoms with Gasteiger partial charge in [-0.25, -0.2) is 0 Å². The van der Waals surface area contributed by atoms with Crippen molar-refractivity contribution in [3.8, 4) is 0 Å². The Kier molecular flexibility index (Phi) is 8.60. The fraction of sp³-hybridized carbons (Fsp3) is 1.00. The zero-order valence-electron chi connectivity index (χ0n) is 6.05. The summed E-state index contributed by atoms with van der Waals surface area (Å²) < 4.78 is 15.0. The summed E-state index contributed by atoms with van der Waals surface area (Å²) in [5.74, 6) is 0. The van der Waals surface area contributed by atoms with Crippen LogP contribution >= 0.6 is 0 Å². The molecule has 9 heavy (non-hydrogen) atoms. The van der Waals surface area contributed by atoms with E-state index < -0.39 is 0 Å².